The summed E-state index contributed by atoms with van der Waals surface area (Å²) in [5.74, 6) is 0.796. The normalized spacial score (nSPS) is 16.1. The van der Waals surface area contributed by atoms with E-state index in [0.29, 0.717) is 30.2 Å². The number of hydrogen-bond acceptors (Lipinski definition) is 5. The van der Waals surface area contributed by atoms with Gasteiger partial charge in [0.2, 0.25) is 0 Å². The zero-order chi connectivity index (χ0) is 22.8. The second-order valence-corrected chi connectivity index (χ2v) is 8.29. The number of carbonyl (C=O) groups excluding carboxylic acids is 1. The van der Waals surface area contributed by atoms with E-state index in [1.807, 2.05) is 48.2 Å². The molecule has 0 bridgehead atoms. The number of benzene rings is 2. The van der Waals surface area contributed by atoms with Crippen molar-refractivity contribution in [2.24, 2.45) is 0 Å². The predicted molar refractivity (Wildman–Crippen MR) is 122 cm³/mol. The minimum atomic E-state index is -0.357. The van der Waals surface area contributed by atoms with Gasteiger partial charge < -0.3 is 9.42 Å². The van der Waals surface area contributed by atoms with Crippen LogP contribution in [-0.4, -0.2) is 39.0 Å². The van der Waals surface area contributed by atoms with Gasteiger partial charge in [-0.25, -0.2) is 14.4 Å². The summed E-state index contributed by atoms with van der Waals surface area (Å²) in [4.78, 5) is 24.4. The number of piperidine rings is 1. The van der Waals surface area contributed by atoms with Crippen molar-refractivity contribution in [3.63, 3.8) is 0 Å². The summed E-state index contributed by atoms with van der Waals surface area (Å²) in [5.41, 5.74) is 3.82. The van der Waals surface area contributed by atoms with E-state index >= 15 is 0 Å². The van der Waals surface area contributed by atoms with E-state index in [4.69, 9.17) is 9.51 Å². The lowest BCUT2D eigenvalue weighted by Gasteiger charge is -2.33. The Hall–Kier alpha value is -3.87. The zero-order valence-electron chi connectivity index (χ0n) is 18.2. The molecule has 0 saturated carbocycles. The van der Waals surface area contributed by atoms with Gasteiger partial charge in [-0.1, -0.05) is 35.5 Å². The van der Waals surface area contributed by atoms with Crippen LogP contribution in [-0.2, 0) is 0 Å². The van der Waals surface area contributed by atoms with Gasteiger partial charge in [-0.15, -0.1) is 0 Å². The molecule has 2 aromatic heterocycles. The fraction of sp³-hybridized carbons (Fsp3) is 0.231. The molecule has 0 aliphatic carbocycles. The first-order valence-electron chi connectivity index (χ1n) is 11.0. The fourth-order valence-corrected chi connectivity index (χ4v) is 4.27. The summed E-state index contributed by atoms with van der Waals surface area (Å²) in [6, 6.07) is 17.4. The molecule has 1 amide bonds. The smallest absolute Gasteiger partial charge is 0.253 e. The maximum Gasteiger partial charge on any atom is 0.253 e. The van der Waals surface area contributed by atoms with Crippen molar-refractivity contribution in [3.05, 3.63) is 89.6 Å². The Morgan fingerprint density at radius 1 is 1.12 bits per heavy atom. The Labute approximate surface area is 191 Å². The third-order valence-corrected chi connectivity index (χ3v) is 5.93. The number of aryl methyl sites for hydroxylation is 1. The molecule has 33 heavy (non-hydrogen) atoms. The predicted octanol–water partition coefficient (Wildman–Crippen LogP) is 5.27. The molecule has 1 aliphatic heterocycles. The lowest BCUT2D eigenvalue weighted by Crippen LogP contribution is -2.39. The third-order valence-electron chi connectivity index (χ3n) is 5.93. The molecule has 1 saturated heterocycles. The van der Waals surface area contributed by atoms with E-state index in [2.05, 4.69) is 10.1 Å². The van der Waals surface area contributed by atoms with Crippen LogP contribution in [0.5, 0.6) is 0 Å². The van der Waals surface area contributed by atoms with E-state index in [9.17, 15) is 9.18 Å². The van der Waals surface area contributed by atoms with Crippen molar-refractivity contribution >= 4 is 5.91 Å². The van der Waals surface area contributed by atoms with Gasteiger partial charge in [-0.05, 0) is 44.0 Å². The van der Waals surface area contributed by atoms with E-state index < -0.39 is 0 Å². The number of aromatic nitrogens is 3. The van der Waals surface area contributed by atoms with Gasteiger partial charge in [0.15, 0.2) is 11.6 Å². The van der Waals surface area contributed by atoms with Crippen LogP contribution in [0.1, 0.15) is 40.5 Å². The highest BCUT2D eigenvalue weighted by Gasteiger charge is 2.29. The molecule has 5 rings (SSSR count). The maximum atomic E-state index is 13.3. The zero-order valence-corrected chi connectivity index (χ0v) is 18.2. The molecule has 0 N–H and O–H groups in total. The number of amides is 1. The minimum absolute atomic E-state index is 0.00835. The number of carbonyl (C=O) groups is 1. The summed E-state index contributed by atoms with van der Waals surface area (Å²) in [6.45, 7) is 3.04. The molecular formula is C26H23FN4O2. The van der Waals surface area contributed by atoms with E-state index in [-0.39, 0.29) is 17.6 Å². The number of halogens is 1. The average Bonchev–Trinajstić information content (AvgIpc) is 3.30. The van der Waals surface area contributed by atoms with E-state index in [0.717, 1.165) is 35.4 Å². The fourth-order valence-electron chi connectivity index (χ4n) is 4.27. The Morgan fingerprint density at radius 2 is 1.91 bits per heavy atom. The SMILES string of the molecule is Cc1cc(-c2cnc(-c3ccccc3)nc2C2CCCN(C(=O)c3ccc(F)cc3)C2)on1. The van der Waals surface area contributed by atoms with Crippen molar-refractivity contribution in [1.82, 2.24) is 20.0 Å². The molecule has 0 radical (unpaired) electrons. The minimum Gasteiger partial charge on any atom is -0.356 e. The van der Waals surface area contributed by atoms with Crippen molar-refractivity contribution in [3.8, 4) is 22.7 Å². The van der Waals surface area contributed by atoms with Crippen LogP contribution in [0, 0.1) is 12.7 Å². The highest BCUT2D eigenvalue weighted by atomic mass is 19.1. The molecule has 1 fully saturated rings. The van der Waals surface area contributed by atoms with Crippen LogP contribution in [0.25, 0.3) is 22.7 Å². The Kier molecular flexibility index (Phi) is 5.69. The molecular weight excluding hydrogens is 419 g/mol. The van der Waals surface area contributed by atoms with Gasteiger partial charge in [0.05, 0.1) is 17.0 Å². The van der Waals surface area contributed by atoms with Crippen molar-refractivity contribution in [1.29, 1.82) is 0 Å². The van der Waals surface area contributed by atoms with Crippen LogP contribution < -0.4 is 0 Å². The summed E-state index contributed by atoms with van der Waals surface area (Å²) < 4.78 is 18.8. The first kappa shape index (κ1) is 21.0. The molecule has 166 valence electrons. The lowest BCUT2D eigenvalue weighted by atomic mass is 9.90. The van der Waals surface area contributed by atoms with Gasteiger partial charge in [0.25, 0.3) is 5.91 Å². The lowest BCUT2D eigenvalue weighted by molar-refractivity contribution is 0.0706. The van der Waals surface area contributed by atoms with Crippen molar-refractivity contribution in [2.45, 2.75) is 25.7 Å². The Balaban J connectivity index is 1.50. The van der Waals surface area contributed by atoms with Gasteiger partial charge in [0, 0.05) is 42.4 Å². The molecule has 2 aromatic carbocycles. The monoisotopic (exact) mass is 442 g/mol. The first-order chi connectivity index (χ1) is 16.1. The Morgan fingerprint density at radius 3 is 2.64 bits per heavy atom. The topological polar surface area (TPSA) is 72.1 Å². The molecule has 0 spiro atoms. The quantitative estimate of drug-likeness (QED) is 0.431. The standard InChI is InChI=1S/C26H23FN4O2/c1-17-14-23(33-30-17)22-15-28-25(18-6-3-2-4-7-18)29-24(22)20-8-5-13-31(16-20)26(32)19-9-11-21(27)12-10-19/h2-4,6-7,9-12,14-15,20H,5,8,13,16H2,1H3. The summed E-state index contributed by atoms with van der Waals surface area (Å²) >= 11 is 0. The highest BCUT2D eigenvalue weighted by Crippen LogP contribution is 2.35. The molecule has 1 atom stereocenters. The average molecular weight is 442 g/mol. The molecule has 7 heteroatoms. The molecule has 1 aliphatic rings. The molecule has 4 aromatic rings. The first-order valence-corrected chi connectivity index (χ1v) is 11.0. The van der Waals surface area contributed by atoms with Crippen molar-refractivity contribution < 1.29 is 13.7 Å². The van der Waals surface area contributed by atoms with Crippen molar-refractivity contribution in [2.75, 3.05) is 13.1 Å². The molecule has 1 unspecified atom stereocenters. The van der Waals surface area contributed by atoms with Gasteiger partial charge >= 0.3 is 0 Å². The van der Waals surface area contributed by atoms with E-state index in [1.54, 1.807) is 6.20 Å². The van der Waals surface area contributed by atoms with Gasteiger partial charge in [0.1, 0.15) is 5.82 Å². The molecule has 6 nitrogen and oxygen atoms in total. The molecule has 3 heterocycles. The van der Waals surface area contributed by atoms with Crippen LogP contribution in [0.4, 0.5) is 4.39 Å². The van der Waals surface area contributed by atoms with E-state index in [1.165, 1.54) is 24.3 Å². The van der Waals surface area contributed by atoms with Crippen LogP contribution in [0.15, 0.2) is 71.4 Å². The summed E-state index contributed by atoms with van der Waals surface area (Å²) in [6.07, 6.45) is 3.51. The second kappa shape index (κ2) is 8.94. The Bertz CT molecular complexity index is 1270. The number of nitrogens with zero attached hydrogens (tertiary/aromatic N) is 4. The largest absolute Gasteiger partial charge is 0.356 e. The van der Waals surface area contributed by atoms with Crippen LogP contribution >= 0.6 is 0 Å². The summed E-state index contributed by atoms with van der Waals surface area (Å²) in [7, 11) is 0. The highest BCUT2D eigenvalue weighted by molar-refractivity contribution is 5.94. The number of likely N-dealkylation sites (tertiary alicyclic amines) is 1. The maximum absolute atomic E-state index is 13.3. The summed E-state index contributed by atoms with van der Waals surface area (Å²) in [5, 5.41) is 4.02. The van der Waals surface area contributed by atoms with Gasteiger partial charge in [-0.2, -0.15) is 0 Å². The van der Waals surface area contributed by atoms with Crippen LogP contribution in [0.3, 0.4) is 0 Å². The van der Waals surface area contributed by atoms with Crippen LogP contribution in [0.2, 0.25) is 0 Å². The third kappa shape index (κ3) is 4.39. The number of rotatable bonds is 4. The van der Waals surface area contributed by atoms with Gasteiger partial charge in [-0.3, -0.25) is 4.79 Å². The number of hydrogen-bond donors (Lipinski definition) is 0. The second-order valence-electron chi connectivity index (χ2n) is 8.29.